The van der Waals surface area contributed by atoms with Crippen LogP contribution in [0.25, 0.3) is 0 Å². The third-order valence-electron chi connectivity index (χ3n) is 2.87. The minimum Gasteiger partial charge on any atom is -0.495 e. The summed E-state index contributed by atoms with van der Waals surface area (Å²) in [7, 11) is 1.51. The third kappa shape index (κ3) is 3.35. The zero-order valence-corrected chi connectivity index (χ0v) is 12.5. The van der Waals surface area contributed by atoms with E-state index in [1.807, 2.05) is 13.0 Å². The van der Waals surface area contributed by atoms with Crippen LogP contribution in [0.3, 0.4) is 0 Å². The number of rotatable bonds is 4. The van der Waals surface area contributed by atoms with Gasteiger partial charge in [0.15, 0.2) is 0 Å². The van der Waals surface area contributed by atoms with Gasteiger partial charge < -0.3 is 15.8 Å². The number of para-hydroxylation sites is 1. The summed E-state index contributed by atoms with van der Waals surface area (Å²) < 4.78 is 5.25. The van der Waals surface area contributed by atoms with Crippen LogP contribution in [0.5, 0.6) is 5.75 Å². The van der Waals surface area contributed by atoms with Gasteiger partial charge in [-0.05, 0) is 31.2 Å². The maximum absolute atomic E-state index is 12.3. The molecule has 1 aromatic carbocycles. The number of thiocarbonyl (C=S) groups is 1. The lowest BCUT2D eigenvalue weighted by molar-refractivity contribution is 0.102. The fraction of sp³-hybridized carbons (Fsp3) is 0.133. The predicted molar refractivity (Wildman–Crippen MR) is 85.8 cm³/mol. The van der Waals surface area contributed by atoms with Crippen molar-refractivity contribution in [1.29, 1.82) is 0 Å². The third-order valence-corrected chi connectivity index (χ3v) is 3.09. The predicted octanol–water partition coefficient (Wildman–Crippen LogP) is 2.29. The number of carbonyl (C=O) groups is 1. The van der Waals surface area contributed by atoms with E-state index in [-0.39, 0.29) is 10.9 Å². The molecule has 1 aromatic heterocycles. The molecule has 6 heteroatoms. The summed E-state index contributed by atoms with van der Waals surface area (Å²) >= 11 is 5.00. The van der Waals surface area contributed by atoms with Gasteiger partial charge >= 0.3 is 0 Å². The molecule has 0 saturated heterocycles. The van der Waals surface area contributed by atoms with Crippen LogP contribution in [0.2, 0.25) is 0 Å². The summed E-state index contributed by atoms with van der Waals surface area (Å²) in [5, 5.41) is 2.76. The molecule has 0 radical (unpaired) electrons. The zero-order valence-electron chi connectivity index (χ0n) is 11.7. The Hall–Kier alpha value is -2.47. The van der Waals surface area contributed by atoms with E-state index in [0.717, 1.165) is 5.69 Å². The number of benzene rings is 1. The van der Waals surface area contributed by atoms with E-state index >= 15 is 0 Å². The van der Waals surface area contributed by atoms with Gasteiger partial charge in [0, 0.05) is 11.3 Å². The average Bonchev–Trinajstić information content (AvgIpc) is 2.47. The molecule has 3 N–H and O–H groups in total. The fourth-order valence-corrected chi connectivity index (χ4v) is 2.05. The van der Waals surface area contributed by atoms with Crippen molar-refractivity contribution in [2.75, 3.05) is 12.4 Å². The van der Waals surface area contributed by atoms with E-state index in [0.29, 0.717) is 22.7 Å². The Labute approximate surface area is 128 Å². The molecule has 0 atom stereocenters. The number of aryl methyl sites for hydroxylation is 1. The van der Waals surface area contributed by atoms with E-state index in [1.165, 1.54) is 7.11 Å². The second kappa shape index (κ2) is 6.32. The molecule has 0 spiro atoms. The van der Waals surface area contributed by atoms with E-state index < -0.39 is 0 Å². The largest absolute Gasteiger partial charge is 0.495 e. The lowest BCUT2D eigenvalue weighted by Gasteiger charge is -2.14. The summed E-state index contributed by atoms with van der Waals surface area (Å²) in [5.41, 5.74) is 7.75. The maximum Gasteiger partial charge on any atom is 0.274 e. The molecular formula is C15H15N3O2S. The molecule has 0 bridgehead atoms. The van der Waals surface area contributed by atoms with E-state index in [9.17, 15) is 4.79 Å². The van der Waals surface area contributed by atoms with Crippen molar-refractivity contribution in [3.63, 3.8) is 0 Å². The Balaban J connectivity index is 2.39. The Morgan fingerprint density at radius 2 is 2.00 bits per heavy atom. The van der Waals surface area contributed by atoms with Crippen molar-refractivity contribution in [2.45, 2.75) is 6.92 Å². The number of nitrogens with zero attached hydrogens (tertiary/aromatic N) is 1. The van der Waals surface area contributed by atoms with E-state index in [1.54, 1.807) is 30.3 Å². The standard InChI is InChI=1S/C15H15N3O2S/c1-9-5-3-7-11(17-9)15(19)18-13-10(14(16)21)6-4-8-12(13)20-2/h3-8H,1-2H3,(H2,16,21)(H,18,19). The lowest BCUT2D eigenvalue weighted by atomic mass is 10.1. The molecule has 1 amide bonds. The highest BCUT2D eigenvalue weighted by Crippen LogP contribution is 2.28. The molecule has 108 valence electrons. The number of hydrogen-bond donors (Lipinski definition) is 2. The number of nitrogens with two attached hydrogens (primary N) is 1. The molecule has 0 fully saturated rings. The number of methoxy groups -OCH3 is 1. The van der Waals surface area contributed by atoms with Crippen LogP contribution in [-0.4, -0.2) is 23.0 Å². The lowest BCUT2D eigenvalue weighted by Crippen LogP contribution is -2.19. The fourth-order valence-electron chi connectivity index (χ4n) is 1.88. The molecule has 5 nitrogen and oxygen atoms in total. The number of hydrogen-bond acceptors (Lipinski definition) is 4. The number of anilines is 1. The number of amides is 1. The number of ether oxygens (including phenoxy) is 1. The summed E-state index contributed by atoms with van der Waals surface area (Å²) in [6, 6.07) is 10.4. The monoisotopic (exact) mass is 301 g/mol. The number of aromatic nitrogens is 1. The molecule has 2 rings (SSSR count). The minimum absolute atomic E-state index is 0.182. The van der Waals surface area contributed by atoms with Gasteiger partial charge in [0.2, 0.25) is 0 Å². The van der Waals surface area contributed by atoms with E-state index in [4.69, 9.17) is 22.7 Å². The van der Waals surface area contributed by atoms with Gasteiger partial charge in [-0.3, -0.25) is 4.79 Å². The van der Waals surface area contributed by atoms with Gasteiger partial charge in [0.1, 0.15) is 16.4 Å². The first-order chi connectivity index (χ1) is 10.0. The number of nitrogens with one attached hydrogen (secondary N) is 1. The molecule has 0 unspecified atom stereocenters. The van der Waals surface area contributed by atoms with Crippen molar-refractivity contribution in [1.82, 2.24) is 4.98 Å². The van der Waals surface area contributed by atoms with Gasteiger partial charge in [0.25, 0.3) is 5.91 Å². The SMILES string of the molecule is COc1cccc(C(N)=S)c1NC(=O)c1cccc(C)n1. The topological polar surface area (TPSA) is 77.2 Å². The van der Waals surface area contributed by atoms with Gasteiger partial charge in [0.05, 0.1) is 12.8 Å². The second-order valence-corrected chi connectivity index (χ2v) is 4.81. The van der Waals surface area contributed by atoms with E-state index in [2.05, 4.69) is 10.3 Å². The average molecular weight is 301 g/mol. The van der Waals surface area contributed by atoms with Crippen molar-refractivity contribution in [3.8, 4) is 5.75 Å². The van der Waals surface area contributed by atoms with Crippen molar-refractivity contribution >= 4 is 28.8 Å². The highest BCUT2D eigenvalue weighted by Gasteiger charge is 2.15. The molecule has 0 aliphatic rings. The first kappa shape index (κ1) is 14.9. The Kier molecular flexibility index (Phi) is 4.49. The molecule has 0 saturated carbocycles. The summed E-state index contributed by atoms with van der Waals surface area (Å²) in [6.07, 6.45) is 0. The van der Waals surface area contributed by atoms with Crippen molar-refractivity contribution in [2.24, 2.45) is 5.73 Å². The van der Waals surface area contributed by atoms with Crippen LogP contribution in [0.1, 0.15) is 21.7 Å². The first-order valence-corrected chi connectivity index (χ1v) is 6.65. The number of pyridine rings is 1. The van der Waals surface area contributed by atoms with Crippen molar-refractivity contribution in [3.05, 3.63) is 53.3 Å². The normalized spacial score (nSPS) is 10.0. The van der Waals surface area contributed by atoms with Gasteiger partial charge in [-0.15, -0.1) is 0 Å². The molecular weight excluding hydrogens is 286 g/mol. The van der Waals surface area contributed by atoms with Crippen LogP contribution < -0.4 is 15.8 Å². The second-order valence-electron chi connectivity index (χ2n) is 4.37. The van der Waals surface area contributed by atoms with Crippen LogP contribution in [0.4, 0.5) is 5.69 Å². The molecule has 0 aliphatic carbocycles. The van der Waals surface area contributed by atoms with Crippen molar-refractivity contribution < 1.29 is 9.53 Å². The quantitative estimate of drug-likeness (QED) is 0.847. The highest BCUT2D eigenvalue weighted by molar-refractivity contribution is 7.80. The highest BCUT2D eigenvalue weighted by atomic mass is 32.1. The van der Waals surface area contributed by atoms with Gasteiger partial charge in [-0.25, -0.2) is 4.98 Å². The van der Waals surface area contributed by atoms with Crippen LogP contribution in [0.15, 0.2) is 36.4 Å². The minimum atomic E-state index is -0.347. The molecule has 2 aromatic rings. The molecule has 21 heavy (non-hydrogen) atoms. The summed E-state index contributed by atoms with van der Waals surface area (Å²) in [4.78, 5) is 16.7. The van der Waals surface area contributed by atoms with Gasteiger partial charge in [-0.1, -0.05) is 24.4 Å². The smallest absolute Gasteiger partial charge is 0.274 e. The van der Waals surface area contributed by atoms with Crippen LogP contribution in [0, 0.1) is 6.92 Å². The van der Waals surface area contributed by atoms with Crippen LogP contribution >= 0.6 is 12.2 Å². The van der Waals surface area contributed by atoms with Crippen LogP contribution in [-0.2, 0) is 0 Å². The summed E-state index contributed by atoms with van der Waals surface area (Å²) in [5.74, 6) is 0.141. The maximum atomic E-state index is 12.3. The first-order valence-electron chi connectivity index (χ1n) is 6.24. The molecule has 1 heterocycles. The summed E-state index contributed by atoms with van der Waals surface area (Å²) in [6.45, 7) is 1.82. The molecule has 0 aliphatic heterocycles. The Morgan fingerprint density at radius 3 is 2.62 bits per heavy atom. The Morgan fingerprint density at radius 1 is 1.29 bits per heavy atom. The Bertz CT molecular complexity index is 701. The number of carbonyl (C=O) groups excluding carboxylic acids is 1. The van der Waals surface area contributed by atoms with Gasteiger partial charge in [-0.2, -0.15) is 0 Å². The zero-order chi connectivity index (χ0) is 15.4.